The number of nitriles is 1. The van der Waals surface area contributed by atoms with Crippen molar-refractivity contribution in [1.82, 2.24) is 9.88 Å². The van der Waals surface area contributed by atoms with Crippen LogP contribution in [0.15, 0.2) is 6.07 Å². The van der Waals surface area contributed by atoms with Crippen LogP contribution in [0.3, 0.4) is 0 Å². The van der Waals surface area contributed by atoms with Crippen LogP contribution in [-0.4, -0.2) is 43.1 Å². The molecule has 0 bridgehead atoms. The van der Waals surface area contributed by atoms with E-state index in [-0.39, 0.29) is 0 Å². The molecule has 0 radical (unpaired) electrons. The number of hydrogen-bond donors (Lipinski definition) is 0. The fourth-order valence-electron chi connectivity index (χ4n) is 2.20. The van der Waals surface area contributed by atoms with Crippen LogP contribution < -0.4 is 4.90 Å². The molecule has 1 saturated heterocycles. The van der Waals surface area contributed by atoms with Crippen molar-refractivity contribution in [3.63, 3.8) is 0 Å². The molecule has 0 aliphatic carbocycles. The summed E-state index contributed by atoms with van der Waals surface area (Å²) in [6, 6.07) is 4.25. The van der Waals surface area contributed by atoms with Crippen molar-refractivity contribution < 1.29 is 0 Å². The molecule has 4 heteroatoms. The van der Waals surface area contributed by atoms with Crippen LogP contribution in [-0.2, 0) is 0 Å². The maximum absolute atomic E-state index is 9.25. The summed E-state index contributed by atoms with van der Waals surface area (Å²) in [5.41, 5.74) is 2.73. The van der Waals surface area contributed by atoms with E-state index >= 15 is 0 Å². The molecular formula is C13H18N4. The lowest BCUT2D eigenvalue weighted by Gasteiger charge is -2.34. The Bertz CT molecular complexity index is 453. The second-order valence-corrected chi connectivity index (χ2v) is 4.68. The monoisotopic (exact) mass is 230 g/mol. The SMILES string of the molecule is Cc1cc(C)c(C#N)c(N2CCN(C)CC2)n1. The first-order valence-corrected chi connectivity index (χ1v) is 5.93. The minimum atomic E-state index is 0.722. The van der Waals surface area contributed by atoms with Crippen LogP contribution in [0, 0.1) is 25.2 Å². The number of aryl methyl sites for hydroxylation is 2. The van der Waals surface area contributed by atoms with E-state index < -0.39 is 0 Å². The second-order valence-electron chi connectivity index (χ2n) is 4.68. The lowest BCUT2D eigenvalue weighted by Crippen LogP contribution is -2.45. The van der Waals surface area contributed by atoms with Crippen LogP contribution in [0.4, 0.5) is 5.82 Å². The zero-order chi connectivity index (χ0) is 12.4. The van der Waals surface area contributed by atoms with E-state index in [0.717, 1.165) is 48.8 Å². The van der Waals surface area contributed by atoms with Gasteiger partial charge in [-0.3, -0.25) is 0 Å². The van der Waals surface area contributed by atoms with Crippen LogP contribution in [0.25, 0.3) is 0 Å². The third-order valence-electron chi connectivity index (χ3n) is 3.24. The Morgan fingerprint density at radius 1 is 1.24 bits per heavy atom. The Kier molecular flexibility index (Phi) is 3.30. The first-order valence-electron chi connectivity index (χ1n) is 5.93. The van der Waals surface area contributed by atoms with Gasteiger partial charge in [0.05, 0.1) is 5.56 Å². The van der Waals surface area contributed by atoms with Gasteiger partial charge in [-0.1, -0.05) is 0 Å². The lowest BCUT2D eigenvalue weighted by molar-refractivity contribution is 0.312. The van der Waals surface area contributed by atoms with Gasteiger partial charge in [-0.15, -0.1) is 0 Å². The van der Waals surface area contributed by atoms with Crippen molar-refractivity contribution in [2.24, 2.45) is 0 Å². The second kappa shape index (κ2) is 4.72. The van der Waals surface area contributed by atoms with Crippen LogP contribution in [0.5, 0.6) is 0 Å². The van der Waals surface area contributed by atoms with Crippen molar-refractivity contribution in [2.75, 3.05) is 38.1 Å². The smallest absolute Gasteiger partial charge is 0.147 e. The lowest BCUT2D eigenvalue weighted by atomic mass is 10.1. The van der Waals surface area contributed by atoms with Gasteiger partial charge in [0.25, 0.3) is 0 Å². The normalized spacial score (nSPS) is 16.9. The summed E-state index contributed by atoms with van der Waals surface area (Å²) in [5.74, 6) is 0.859. The number of pyridine rings is 1. The van der Waals surface area contributed by atoms with Crippen molar-refractivity contribution >= 4 is 5.82 Å². The molecule has 1 aromatic heterocycles. The van der Waals surface area contributed by atoms with E-state index in [1.807, 2.05) is 19.9 Å². The summed E-state index contributed by atoms with van der Waals surface area (Å²) in [6.07, 6.45) is 0. The standard InChI is InChI=1S/C13H18N4/c1-10-8-11(2)15-13(12(10)9-14)17-6-4-16(3)5-7-17/h8H,4-7H2,1-3H3. The highest BCUT2D eigenvalue weighted by Crippen LogP contribution is 2.22. The zero-order valence-corrected chi connectivity index (χ0v) is 10.7. The van der Waals surface area contributed by atoms with Crippen LogP contribution >= 0.6 is 0 Å². The molecule has 0 atom stereocenters. The largest absolute Gasteiger partial charge is 0.353 e. The van der Waals surface area contributed by atoms with Crippen LogP contribution in [0.2, 0.25) is 0 Å². The molecule has 0 aromatic carbocycles. The van der Waals surface area contributed by atoms with Crippen molar-refractivity contribution in [2.45, 2.75) is 13.8 Å². The molecule has 2 heterocycles. The highest BCUT2D eigenvalue weighted by Gasteiger charge is 2.19. The predicted octanol–water partition coefficient (Wildman–Crippen LogP) is 1.32. The summed E-state index contributed by atoms with van der Waals surface area (Å²) in [5, 5.41) is 9.25. The topological polar surface area (TPSA) is 43.2 Å². The number of aromatic nitrogens is 1. The molecule has 4 nitrogen and oxygen atoms in total. The van der Waals surface area contributed by atoms with Crippen molar-refractivity contribution in [3.8, 4) is 6.07 Å². The Balaban J connectivity index is 2.35. The number of piperazine rings is 1. The number of likely N-dealkylation sites (N-methyl/N-ethyl adjacent to an activating group) is 1. The van der Waals surface area contributed by atoms with E-state index in [9.17, 15) is 5.26 Å². The van der Waals surface area contributed by atoms with Gasteiger partial charge in [-0.05, 0) is 32.5 Å². The van der Waals surface area contributed by atoms with Crippen LogP contribution in [0.1, 0.15) is 16.8 Å². The molecule has 17 heavy (non-hydrogen) atoms. The summed E-state index contributed by atoms with van der Waals surface area (Å²) in [7, 11) is 2.12. The number of nitrogens with zero attached hydrogens (tertiary/aromatic N) is 4. The molecule has 0 spiro atoms. The van der Waals surface area contributed by atoms with E-state index in [1.54, 1.807) is 0 Å². The van der Waals surface area contributed by atoms with Gasteiger partial charge < -0.3 is 9.80 Å². The summed E-state index contributed by atoms with van der Waals surface area (Å²) >= 11 is 0. The molecular weight excluding hydrogens is 212 g/mol. The third-order valence-corrected chi connectivity index (χ3v) is 3.24. The van der Waals surface area contributed by atoms with Gasteiger partial charge in [0.15, 0.2) is 0 Å². The molecule has 0 unspecified atom stereocenters. The first-order chi connectivity index (χ1) is 8.11. The number of anilines is 1. The van der Waals surface area contributed by atoms with E-state index in [0.29, 0.717) is 0 Å². The van der Waals surface area contributed by atoms with Crippen molar-refractivity contribution in [3.05, 3.63) is 22.9 Å². The highest BCUT2D eigenvalue weighted by atomic mass is 15.3. The van der Waals surface area contributed by atoms with Gasteiger partial charge in [-0.2, -0.15) is 5.26 Å². The fourth-order valence-corrected chi connectivity index (χ4v) is 2.20. The van der Waals surface area contributed by atoms with E-state index in [2.05, 4.69) is 27.9 Å². The molecule has 1 fully saturated rings. The Morgan fingerprint density at radius 2 is 1.88 bits per heavy atom. The molecule has 0 amide bonds. The average Bonchev–Trinajstić information content (AvgIpc) is 2.29. The summed E-state index contributed by atoms with van der Waals surface area (Å²) < 4.78 is 0. The first kappa shape index (κ1) is 11.9. The molecule has 90 valence electrons. The summed E-state index contributed by atoms with van der Waals surface area (Å²) in [6.45, 7) is 7.90. The van der Waals surface area contributed by atoms with E-state index in [4.69, 9.17) is 0 Å². The van der Waals surface area contributed by atoms with Gasteiger partial charge in [0, 0.05) is 31.9 Å². The zero-order valence-electron chi connectivity index (χ0n) is 10.7. The van der Waals surface area contributed by atoms with Gasteiger partial charge in [0.2, 0.25) is 0 Å². The third kappa shape index (κ3) is 2.40. The minimum Gasteiger partial charge on any atom is -0.353 e. The Morgan fingerprint density at radius 3 is 2.47 bits per heavy atom. The van der Waals surface area contributed by atoms with Gasteiger partial charge in [0.1, 0.15) is 11.9 Å². The number of rotatable bonds is 1. The highest BCUT2D eigenvalue weighted by molar-refractivity contribution is 5.58. The number of hydrogen-bond acceptors (Lipinski definition) is 4. The molecule has 0 saturated carbocycles. The molecule has 1 aliphatic rings. The predicted molar refractivity (Wildman–Crippen MR) is 68.1 cm³/mol. The molecule has 1 aromatic rings. The maximum atomic E-state index is 9.25. The quantitative estimate of drug-likeness (QED) is 0.730. The minimum absolute atomic E-state index is 0.722. The van der Waals surface area contributed by atoms with Gasteiger partial charge in [-0.25, -0.2) is 4.98 Å². The van der Waals surface area contributed by atoms with Gasteiger partial charge >= 0.3 is 0 Å². The molecule has 2 rings (SSSR count). The fraction of sp³-hybridized carbons (Fsp3) is 0.538. The van der Waals surface area contributed by atoms with Crippen molar-refractivity contribution in [1.29, 1.82) is 5.26 Å². The Hall–Kier alpha value is -1.60. The Labute approximate surface area is 102 Å². The summed E-state index contributed by atoms with van der Waals surface area (Å²) in [4.78, 5) is 9.06. The molecule has 1 aliphatic heterocycles. The molecule has 0 N–H and O–H groups in total. The average molecular weight is 230 g/mol. The maximum Gasteiger partial charge on any atom is 0.147 e. The van der Waals surface area contributed by atoms with E-state index in [1.165, 1.54) is 0 Å².